The lowest BCUT2D eigenvalue weighted by Gasteiger charge is -2.13. The molecule has 0 radical (unpaired) electrons. The van der Waals surface area contributed by atoms with Crippen molar-refractivity contribution in [1.29, 1.82) is 0 Å². The van der Waals surface area contributed by atoms with E-state index in [0.717, 1.165) is 11.8 Å². The first kappa shape index (κ1) is 11.7. The number of hydrogen-bond donors (Lipinski definition) is 1. The summed E-state index contributed by atoms with van der Waals surface area (Å²) in [5.41, 5.74) is 1.45. The maximum absolute atomic E-state index is 13.0. The third-order valence-electron chi connectivity index (χ3n) is 2.52. The van der Waals surface area contributed by atoms with Crippen molar-refractivity contribution in [1.82, 2.24) is 10.5 Å². The molecule has 1 unspecified atom stereocenters. The van der Waals surface area contributed by atoms with Gasteiger partial charge in [0, 0.05) is 18.7 Å². The molecule has 0 saturated carbocycles. The molecule has 1 aromatic carbocycles. The first-order valence-electron chi connectivity index (χ1n) is 5.24. The van der Waals surface area contributed by atoms with Crippen LogP contribution in [0.3, 0.4) is 0 Å². The molecular formula is C12H12F2N2O. The summed E-state index contributed by atoms with van der Waals surface area (Å²) in [5.74, 6) is -1.67. The molecule has 1 heterocycles. The average molecular weight is 238 g/mol. The predicted octanol–water partition coefficient (Wildman–Crippen LogP) is 2.80. The van der Waals surface area contributed by atoms with Crippen LogP contribution in [0.4, 0.5) is 8.78 Å². The molecule has 5 heteroatoms. The maximum Gasteiger partial charge on any atom is 0.159 e. The van der Waals surface area contributed by atoms with Crippen LogP contribution in [0, 0.1) is 11.6 Å². The second-order valence-electron chi connectivity index (χ2n) is 3.77. The molecule has 1 N–H and O–H groups in total. The Kier molecular flexibility index (Phi) is 3.49. The molecule has 0 aliphatic rings. The van der Waals surface area contributed by atoms with Gasteiger partial charge in [-0.1, -0.05) is 11.2 Å². The molecule has 0 fully saturated rings. The van der Waals surface area contributed by atoms with Gasteiger partial charge in [-0.2, -0.15) is 0 Å². The van der Waals surface area contributed by atoms with E-state index in [2.05, 4.69) is 15.0 Å². The Balaban J connectivity index is 1.99. The molecule has 0 aliphatic carbocycles. The van der Waals surface area contributed by atoms with E-state index >= 15 is 0 Å². The zero-order valence-electron chi connectivity index (χ0n) is 9.28. The molecule has 0 spiro atoms. The number of nitrogens with zero attached hydrogens (tertiary/aromatic N) is 1. The quantitative estimate of drug-likeness (QED) is 0.890. The molecule has 2 rings (SSSR count). The Morgan fingerprint density at radius 2 is 2.12 bits per heavy atom. The van der Waals surface area contributed by atoms with Crippen LogP contribution in [0.15, 0.2) is 35.1 Å². The van der Waals surface area contributed by atoms with Crippen molar-refractivity contribution in [2.75, 3.05) is 0 Å². The number of halogens is 2. The Morgan fingerprint density at radius 1 is 1.29 bits per heavy atom. The lowest BCUT2D eigenvalue weighted by Crippen LogP contribution is -2.18. The van der Waals surface area contributed by atoms with E-state index < -0.39 is 11.6 Å². The van der Waals surface area contributed by atoms with E-state index in [9.17, 15) is 8.78 Å². The molecule has 3 nitrogen and oxygen atoms in total. The van der Waals surface area contributed by atoms with Gasteiger partial charge in [-0.3, -0.25) is 0 Å². The first-order chi connectivity index (χ1) is 8.16. The number of nitrogens with one attached hydrogen (secondary N) is 1. The smallest absolute Gasteiger partial charge is 0.159 e. The van der Waals surface area contributed by atoms with Crippen molar-refractivity contribution in [3.63, 3.8) is 0 Å². The molecule has 17 heavy (non-hydrogen) atoms. The van der Waals surface area contributed by atoms with Gasteiger partial charge in [0.25, 0.3) is 0 Å². The van der Waals surface area contributed by atoms with Crippen LogP contribution in [0.25, 0.3) is 0 Å². The second-order valence-corrected chi connectivity index (χ2v) is 3.77. The Bertz CT molecular complexity index is 485. The van der Waals surface area contributed by atoms with Crippen molar-refractivity contribution in [2.45, 2.75) is 19.5 Å². The number of rotatable bonds is 4. The molecule has 1 aromatic heterocycles. The highest BCUT2D eigenvalue weighted by molar-refractivity contribution is 5.20. The highest BCUT2D eigenvalue weighted by atomic mass is 19.2. The van der Waals surface area contributed by atoms with Gasteiger partial charge in [0.2, 0.25) is 0 Å². The van der Waals surface area contributed by atoms with Gasteiger partial charge in [-0.05, 0) is 24.6 Å². The molecule has 1 atom stereocenters. The average Bonchev–Trinajstić information content (AvgIpc) is 2.82. The van der Waals surface area contributed by atoms with Crippen LogP contribution in [0.1, 0.15) is 24.2 Å². The molecule has 0 amide bonds. The summed E-state index contributed by atoms with van der Waals surface area (Å²) in [6.45, 7) is 2.38. The van der Waals surface area contributed by atoms with Gasteiger partial charge in [-0.15, -0.1) is 0 Å². The highest BCUT2D eigenvalue weighted by Gasteiger charge is 2.09. The fraction of sp³-hybridized carbons (Fsp3) is 0.250. The van der Waals surface area contributed by atoms with Crippen molar-refractivity contribution in [3.05, 3.63) is 53.4 Å². The molecule has 0 saturated heterocycles. The number of benzene rings is 1. The normalized spacial score (nSPS) is 12.6. The lowest BCUT2D eigenvalue weighted by molar-refractivity contribution is 0.406. The zero-order chi connectivity index (χ0) is 12.3. The fourth-order valence-electron chi connectivity index (χ4n) is 1.49. The first-order valence-corrected chi connectivity index (χ1v) is 5.24. The minimum atomic E-state index is -0.836. The van der Waals surface area contributed by atoms with Crippen LogP contribution in [0.5, 0.6) is 0 Å². The van der Waals surface area contributed by atoms with E-state index in [0.29, 0.717) is 12.1 Å². The Labute approximate surface area is 97.4 Å². The maximum atomic E-state index is 13.0. The van der Waals surface area contributed by atoms with Crippen LogP contribution in [-0.4, -0.2) is 5.16 Å². The predicted molar refractivity (Wildman–Crippen MR) is 58.1 cm³/mol. The molecule has 0 aliphatic heterocycles. The highest BCUT2D eigenvalue weighted by Crippen LogP contribution is 2.16. The Hall–Kier alpha value is -1.75. The Morgan fingerprint density at radius 3 is 2.76 bits per heavy atom. The summed E-state index contributed by atoms with van der Waals surface area (Å²) < 4.78 is 30.5. The number of hydrogen-bond acceptors (Lipinski definition) is 3. The summed E-state index contributed by atoms with van der Waals surface area (Å²) in [4.78, 5) is 0. The monoisotopic (exact) mass is 238 g/mol. The van der Waals surface area contributed by atoms with Crippen molar-refractivity contribution < 1.29 is 13.3 Å². The summed E-state index contributed by atoms with van der Waals surface area (Å²) >= 11 is 0. The van der Waals surface area contributed by atoms with Gasteiger partial charge in [0.1, 0.15) is 6.26 Å². The van der Waals surface area contributed by atoms with E-state index in [-0.39, 0.29) is 6.04 Å². The summed E-state index contributed by atoms with van der Waals surface area (Å²) in [6, 6.07) is 5.51. The van der Waals surface area contributed by atoms with Gasteiger partial charge in [-0.25, -0.2) is 8.78 Å². The zero-order valence-corrected chi connectivity index (χ0v) is 9.28. The van der Waals surface area contributed by atoms with E-state index in [1.165, 1.54) is 12.3 Å². The van der Waals surface area contributed by atoms with Crippen LogP contribution >= 0.6 is 0 Å². The summed E-state index contributed by atoms with van der Waals surface area (Å²) in [7, 11) is 0. The topological polar surface area (TPSA) is 38.1 Å². The van der Waals surface area contributed by atoms with Crippen LogP contribution in [-0.2, 0) is 6.54 Å². The van der Waals surface area contributed by atoms with E-state index in [1.54, 1.807) is 12.1 Å². The summed E-state index contributed by atoms with van der Waals surface area (Å²) in [6.07, 6.45) is 1.49. The van der Waals surface area contributed by atoms with Gasteiger partial charge < -0.3 is 9.84 Å². The molecular weight excluding hydrogens is 226 g/mol. The third kappa shape index (κ3) is 2.88. The third-order valence-corrected chi connectivity index (χ3v) is 2.52. The molecule has 90 valence electrons. The van der Waals surface area contributed by atoms with E-state index in [1.807, 2.05) is 6.92 Å². The SMILES string of the molecule is CC(NCc1ccon1)c1ccc(F)c(F)c1. The molecule has 0 bridgehead atoms. The van der Waals surface area contributed by atoms with Crippen molar-refractivity contribution >= 4 is 0 Å². The second kappa shape index (κ2) is 5.05. The summed E-state index contributed by atoms with van der Waals surface area (Å²) in [5, 5.41) is 6.88. The minimum absolute atomic E-state index is 0.0956. The standard InChI is InChI=1S/C12H12F2N2O/c1-8(15-7-10-4-5-17-16-10)9-2-3-11(13)12(14)6-9/h2-6,8,15H,7H2,1H3. The fourth-order valence-corrected chi connectivity index (χ4v) is 1.49. The lowest BCUT2D eigenvalue weighted by atomic mass is 10.1. The van der Waals surface area contributed by atoms with Crippen LogP contribution in [0.2, 0.25) is 0 Å². The van der Waals surface area contributed by atoms with E-state index in [4.69, 9.17) is 0 Å². The number of aromatic nitrogens is 1. The van der Waals surface area contributed by atoms with Gasteiger partial charge in [0.15, 0.2) is 11.6 Å². The molecule has 2 aromatic rings. The van der Waals surface area contributed by atoms with Crippen molar-refractivity contribution in [3.8, 4) is 0 Å². The largest absolute Gasteiger partial charge is 0.364 e. The van der Waals surface area contributed by atoms with Crippen LogP contribution < -0.4 is 5.32 Å². The van der Waals surface area contributed by atoms with Gasteiger partial charge in [0.05, 0.1) is 5.69 Å². The van der Waals surface area contributed by atoms with Gasteiger partial charge >= 0.3 is 0 Å². The minimum Gasteiger partial charge on any atom is -0.364 e. The van der Waals surface area contributed by atoms with Crippen molar-refractivity contribution in [2.24, 2.45) is 0 Å².